The van der Waals surface area contributed by atoms with E-state index in [-0.39, 0.29) is 13.2 Å². The van der Waals surface area contributed by atoms with Crippen LogP contribution in [0.1, 0.15) is 20.8 Å². The first-order valence-electron chi connectivity index (χ1n) is 10.5. The van der Waals surface area contributed by atoms with Crippen molar-refractivity contribution in [2.45, 2.75) is 75.8 Å². The maximum Gasteiger partial charge on any atom is 0.339 e. The molecule has 0 aromatic rings. The molecule has 34 heavy (non-hydrogen) atoms. The molecule has 9 atom stereocenters. The number of carbonyl (C=O) groups excluding carboxylic acids is 4. The van der Waals surface area contributed by atoms with E-state index in [9.17, 15) is 34.5 Å². The minimum Gasteiger partial charge on any atom is -0.467 e. The summed E-state index contributed by atoms with van der Waals surface area (Å²) in [6, 6.07) is -0.824. The number of methoxy groups -OCH3 is 1. The Balaban J connectivity index is 2.36. The zero-order valence-electron chi connectivity index (χ0n) is 19.5. The van der Waals surface area contributed by atoms with Gasteiger partial charge in [0.25, 0.3) is 0 Å². The maximum atomic E-state index is 12.4. The monoisotopic (exact) mass is 493 g/mol. The highest BCUT2D eigenvalue weighted by atomic mass is 16.7. The van der Waals surface area contributed by atoms with Gasteiger partial charge in [0.1, 0.15) is 12.2 Å². The SMILES string of the molecule is COC(=O)C1OC(OCC2C(O)C(O)C(O)CN2C)C(OC(C)=O)C(OC(C)=O)C1OC(C)=O. The Labute approximate surface area is 195 Å². The number of likely N-dealkylation sites (N-methyl/N-ethyl adjacent to an activating group) is 1. The Morgan fingerprint density at radius 3 is 1.94 bits per heavy atom. The fraction of sp³-hybridized carbons (Fsp3) is 0.800. The number of likely N-dealkylation sites (tertiary alicyclic amines) is 1. The summed E-state index contributed by atoms with van der Waals surface area (Å²) in [6.45, 7) is 2.91. The Morgan fingerprint density at radius 2 is 1.41 bits per heavy atom. The predicted octanol–water partition coefficient (Wildman–Crippen LogP) is -2.91. The molecular weight excluding hydrogens is 462 g/mol. The van der Waals surface area contributed by atoms with E-state index in [0.717, 1.165) is 27.9 Å². The van der Waals surface area contributed by atoms with Crippen LogP contribution in [-0.2, 0) is 47.6 Å². The quantitative estimate of drug-likeness (QED) is 0.242. The minimum absolute atomic E-state index is 0.0283. The van der Waals surface area contributed by atoms with Gasteiger partial charge in [0, 0.05) is 27.3 Å². The van der Waals surface area contributed by atoms with Crippen LogP contribution in [0.2, 0.25) is 0 Å². The van der Waals surface area contributed by atoms with Crippen LogP contribution in [0.25, 0.3) is 0 Å². The first kappa shape index (κ1) is 27.9. The van der Waals surface area contributed by atoms with Gasteiger partial charge in [-0.05, 0) is 7.05 Å². The van der Waals surface area contributed by atoms with Gasteiger partial charge >= 0.3 is 23.9 Å². The lowest BCUT2D eigenvalue weighted by atomic mass is 9.94. The van der Waals surface area contributed by atoms with Crippen LogP contribution in [-0.4, -0.2) is 126 Å². The number of hydrogen-bond donors (Lipinski definition) is 3. The fourth-order valence-electron chi connectivity index (χ4n) is 3.89. The predicted molar refractivity (Wildman–Crippen MR) is 108 cm³/mol. The van der Waals surface area contributed by atoms with E-state index < -0.39 is 78.9 Å². The highest BCUT2D eigenvalue weighted by molar-refractivity contribution is 5.77. The van der Waals surface area contributed by atoms with E-state index in [1.54, 1.807) is 7.05 Å². The molecule has 194 valence electrons. The van der Waals surface area contributed by atoms with Crippen LogP contribution >= 0.6 is 0 Å². The molecule has 14 nitrogen and oxygen atoms in total. The highest BCUT2D eigenvalue weighted by Gasteiger charge is 2.55. The molecule has 2 saturated heterocycles. The third kappa shape index (κ3) is 6.61. The molecule has 2 aliphatic heterocycles. The molecule has 14 heteroatoms. The topological polar surface area (TPSA) is 188 Å². The largest absolute Gasteiger partial charge is 0.467 e. The van der Waals surface area contributed by atoms with Gasteiger partial charge in [-0.25, -0.2) is 4.79 Å². The standard InChI is InChI=1S/C20H31NO13/c1-8(22)31-15-16(32-9(2)23)18(33-10(3)24)20(34-17(15)19(28)29-5)30-7-11-13(26)14(27)12(25)6-21(11)4/h11-18,20,25-27H,6-7H2,1-5H3. The van der Waals surface area contributed by atoms with Gasteiger partial charge < -0.3 is 43.7 Å². The number of piperidine rings is 1. The normalized spacial score (nSPS) is 36.3. The van der Waals surface area contributed by atoms with Gasteiger partial charge in [-0.15, -0.1) is 0 Å². The van der Waals surface area contributed by atoms with Crippen molar-refractivity contribution in [3.63, 3.8) is 0 Å². The van der Waals surface area contributed by atoms with E-state index in [4.69, 9.17) is 28.4 Å². The van der Waals surface area contributed by atoms with Crippen LogP contribution in [0, 0.1) is 0 Å². The molecule has 0 spiro atoms. The van der Waals surface area contributed by atoms with Gasteiger partial charge in [-0.3, -0.25) is 19.3 Å². The third-order valence-electron chi connectivity index (χ3n) is 5.45. The van der Waals surface area contributed by atoms with E-state index in [2.05, 4.69) is 0 Å². The summed E-state index contributed by atoms with van der Waals surface area (Å²) in [4.78, 5) is 49.2. The molecule has 0 bridgehead atoms. The molecule has 0 radical (unpaired) electrons. The van der Waals surface area contributed by atoms with Crippen LogP contribution < -0.4 is 0 Å². The number of aliphatic hydroxyl groups is 3. The molecule has 2 aliphatic rings. The smallest absolute Gasteiger partial charge is 0.339 e. The van der Waals surface area contributed by atoms with Gasteiger partial charge in [0.15, 0.2) is 30.7 Å². The van der Waals surface area contributed by atoms with Crippen molar-refractivity contribution in [3.05, 3.63) is 0 Å². The van der Waals surface area contributed by atoms with Crippen molar-refractivity contribution < 1.29 is 62.9 Å². The number of ether oxygens (including phenoxy) is 6. The number of β-amino-alcohol motifs (C(OH)–C–C–N with tert-alkyl or cyclic N) is 1. The molecular formula is C20H31NO13. The lowest BCUT2D eigenvalue weighted by Gasteiger charge is -2.45. The molecule has 3 N–H and O–H groups in total. The Bertz CT molecular complexity index is 761. The zero-order chi connectivity index (χ0) is 25.7. The summed E-state index contributed by atoms with van der Waals surface area (Å²) < 4.78 is 31.7. The summed E-state index contributed by atoms with van der Waals surface area (Å²) in [5, 5.41) is 30.2. The van der Waals surface area contributed by atoms with Crippen LogP contribution in [0.5, 0.6) is 0 Å². The molecule has 2 rings (SSSR count). The molecule has 2 fully saturated rings. The first-order chi connectivity index (χ1) is 15.9. The van der Waals surface area contributed by atoms with Crippen molar-refractivity contribution in [1.82, 2.24) is 4.90 Å². The molecule has 0 aromatic carbocycles. The Kier molecular flexibility index (Phi) is 9.73. The van der Waals surface area contributed by atoms with Crippen molar-refractivity contribution >= 4 is 23.9 Å². The van der Waals surface area contributed by atoms with Crippen molar-refractivity contribution in [2.75, 3.05) is 27.3 Å². The molecule has 0 saturated carbocycles. The van der Waals surface area contributed by atoms with Gasteiger partial charge in [0.2, 0.25) is 0 Å². The molecule has 0 amide bonds. The number of esters is 4. The van der Waals surface area contributed by atoms with Gasteiger partial charge in [-0.1, -0.05) is 0 Å². The maximum absolute atomic E-state index is 12.4. The van der Waals surface area contributed by atoms with E-state index >= 15 is 0 Å². The summed E-state index contributed by atoms with van der Waals surface area (Å²) in [7, 11) is 2.64. The Hall–Kier alpha value is -2.36. The summed E-state index contributed by atoms with van der Waals surface area (Å²) >= 11 is 0. The lowest BCUT2D eigenvalue weighted by Crippen LogP contribution is -2.65. The average Bonchev–Trinajstić information content (AvgIpc) is 2.73. The molecule has 0 aliphatic carbocycles. The van der Waals surface area contributed by atoms with Crippen molar-refractivity contribution in [1.29, 1.82) is 0 Å². The summed E-state index contributed by atoms with van der Waals surface area (Å²) in [6.07, 6.45) is -11.7. The van der Waals surface area contributed by atoms with Crippen LogP contribution in [0.15, 0.2) is 0 Å². The summed E-state index contributed by atoms with van der Waals surface area (Å²) in [5.41, 5.74) is 0. The van der Waals surface area contributed by atoms with Gasteiger partial charge in [0.05, 0.1) is 25.9 Å². The molecule has 9 unspecified atom stereocenters. The highest BCUT2D eigenvalue weighted by Crippen LogP contribution is 2.31. The zero-order valence-corrected chi connectivity index (χ0v) is 19.5. The van der Waals surface area contributed by atoms with E-state index in [0.29, 0.717) is 0 Å². The third-order valence-corrected chi connectivity index (χ3v) is 5.45. The number of hydrogen-bond acceptors (Lipinski definition) is 14. The van der Waals surface area contributed by atoms with Crippen LogP contribution in [0.4, 0.5) is 0 Å². The van der Waals surface area contributed by atoms with Crippen LogP contribution in [0.3, 0.4) is 0 Å². The second-order valence-electron chi connectivity index (χ2n) is 8.06. The molecule has 0 aromatic heterocycles. The number of rotatable bonds is 7. The number of carbonyl (C=O) groups is 4. The number of aliphatic hydroxyl groups excluding tert-OH is 3. The summed E-state index contributed by atoms with van der Waals surface area (Å²) in [5.74, 6) is -3.46. The molecule has 2 heterocycles. The second kappa shape index (κ2) is 11.9. The van der Waals surface area contributed by atoms with E-state index in [1.165, 1.54) is 4.90 Å². The average molecular weight is 493 g/mol. The van der Waals surface area contributed by atoms with Crippen molar-refractivity contribution in [2.24, 2.45) is 0 Å². The second-order valence-corrected chi connectivity index (χ2v) is 8.06. The van der Waals surface area contributed by atoms with Crippen molar-refractivity contribution in [3.8, 4) is 0 Å². The first-order valence-corrected chi connectivity index (χ1v) is 10.5. The number of nitrogens with zero attached hydrogens (tertiary/aromatic N) is 1. The minimum atomic E-state index is -1.61. The van der Waals surface area contributed by atoms with E-state index in [1.807, 2.05) is 0 Å². The van der Waals surface area contributed by atoms with Gasteiger partial charge in [-0.2, -0.15) is 0 Å². The fourth-order valence-corrected chi connectivity index (χ4v) is 3.89. The lowest BCUT2D eigenvalue weighted by molar-refractivity contribution is -0.305. The Morgan fingerprint density at radius 1 is 0.882 bits per heavy atom.